The molecule has 0 amide bonds. The van der Waals surface area contributed by atoms with Crippen molar-refractivity contribution in [2.45, 2.75) is 25.8 Å². The lowest BCUT2D eigenvalue weighted by Crippen LogP contribution is -2.37. The zero-order valence-electron chi connectivity index (χ0n) is 11.2. The summed E-state index contributed by atoms with van der Waals surface area (Å²) >= 11 is 0. The highest BCUT2D eigenvalue weighted by Gasteiger charge is 2.18. The van der Waals surface area contributed by atoms with E-state index < -0.39 is 5.97 Å². The van der Waals surface area contributed by atoms with Crippen LogP contribution in [-0.2, 0) is 17.8 Å². The van der Waals surface area contributed by atoms with Crippen molar-refractivity contribution in [3.8, 4) is 0 Å². The van der Waals surface area contributed by atoms with E-state index in [-0.39, 0.29) is 6.42 Å². The van der Waals surface area contributed by atoms with E-state index >= 15 is 0 Å². The predicted octanol–water partition coefficient (Wildman–Crippen LogP) is 1.48. The summed E-state index contributed by atoms with van der Waals surface area (Å²) in [6.45, 7) is 3.92. The fourth-order valence-electron chi connectivity index (χ4n) is 2.68. The van der Waals surface area contributed by atoms with Gasteiger partial charge in [0.25, 0.3) is 0 Å². The molecule has 1 aromatic carbocycles. The van der Waals surface area contributed by atoms with Crippen molar-refractivity contribution in [2.24, 2.45) is 11.7 Å². The number of carboxylic acids is 1. The zero-order chi connectivity index (χ0) is 13.7. The quantitative estimate of drug-likeness (QED) is 0.843. The molecule has 1 heterocycles. The van der Waals surface area contributed by atoms with Crippen LogP contribution in [-0.4, -0.2) is 35.6 Å². The van der Waals surface area contributed by atoms with Crippen LogP contribution < -0.4 is 5.73 Å². The molecule has 1 aromatic rings. The molecule has 1 atom stereocenters. The molecule has 0 spiro atoms. The molecule has 0 aliphatic carbocycles. The summed E-state index contributed by atoms with van der Waals surface area (Å²) in [6.07, 6.45) is 2.56. The van der Waals surface area contributed by atoms with Gasteiger partial charge in [-0.05, 0) is 43.0 Å². The lowest BCUT2D eigenvalue weighted by Gasteiger charge is -2.32. The van der Waals surface area contributed by atoms with Gasteiger partial charge in [0.1, 0.15) is 0 Å². The number of aliphatic carboxylic acids is 1. The summed E-state index contributed by atoms with van der Waals surface area (Å²) in [5.41, 5.74) is 7.84. The van der Waals surface area contributed by atoms with Crippen molar-refractivity contribution in [3.63, 3.8) is 0 Å². The van der Waals surface area contributed by atoms with E-state index in [1.807, 2.05) is 24.3 Å². The minimum Gasteiger partial charge on any atom is -0.481 e. The van der Waals surface area contributed by atoms with Crippen LogP contribution in [0, 0.1) is 5.92 Å². The molecule has 0 unspecified atom stereocenters. The van der Waals surface area contributed by atoms with E-state index in [0.29, 0.717) is 5.92 Å². The Morgan fingerprint density at radius 2 is 2.00 bits per heavy atom. The lowest BCUT2D eigenvalue weighted by molar-refractivity contribution is -0.136. The van der Waals surface area contributed by atoms with E-state index in [9.17, 15) is 4.79 Å². The van der Waals surface area contributed by atoms with Crippen LogP contribution in [0.5, 0.6) is 0 Å². The molecule has 0 aromatic heterocycles. The SMILES string of the molecule is NC[C@H]1CCCN(Cc2ccc(CC(=O)O)cc2)C1. The van der Waals surface area contributed by atoms with Crippen molar-refractivity contribution >= 4 is 5.97 Å². The van der Waals surface area contributed by atoms with Crippen LogP contribution in [0.3, 0.4) is 0 Å². The first-order valence-electron chi connectivity index (χ1n) is 6.89. The number of nitrogens with two attached hydrogens (primary N) is 1. The maximum absolute atomic E-state index is 10.6. The maximum atomic E-state index is 10.6. The van der Waals surface area contributed by atoms with Gasteiger partial charge in [-0.25, -0.2) is 0 Å². The van der Waals surface area contributed by atoms with Crippen LogP contribution in [0.25, 0.3) is 0 Å². The maximum Gasteiger partial charge on any atom is 0.307 e. The third-order valence-corrected chi connectivity index (χ3v) is 3.72. The van der Waals surface area contributed by atoms with Gasteiger partial charge < -0.3 is 10.8 Å². The van der Waals surface area contributed by atoms with Gasteiger partial charge in [-0.3, -0.25) is 9.69 Å². The van der Waals surface area contributed by atoms with Crippen molar-refractivity contribution < 1.29 is 9.90 Å². The Labute approximate surface area is 114 Å². The molecule has 2 rings (SSSR count). The molecule has 1 aliphatic heterocycles. The van der Waals surface area contributed by atoms with E-state index in [4.69, 9.17) is 10.8 Å². The second-order valence-electron chi connectivity index (χ2n) is 5.37. The zero-order valence-corrected chi connectivity index (χ0v) is 11.2. The summed E-state index contributed by atoms with van der Waals surface area (Å²) < 4.78 is 0. The Hall–Kier alpha value is -1.39. The number of piperidine rings is 1. The molecule has 3 N–H and O–H groups in total. The standard InChI is InChI=1S/C15H22N2O2/c16-9-14-2-1-7-17(11-14)10-13-5-3-12(4-6-13)8-15(18)19/h3-6,14H,1-2,7-11,16H2,(H,18,19)/t14-/m1/s1. The lowest BCUT2D eigenvalue weighted by atomic mass is 9.98. The molecule has 1 fully saturated rings. The van der Waals surface area contributed by atoms with Gasteiger partial charge >= 0.3 is 5.97 Å². The number of hydrogen-bond acceptors (Lipinski definition) is 3. The highest BCUT2D eigenvalue weighted by Crippen LogP contribution is 2.18. The molecule has 4 heteroatoms. The third kappa shape index (κ3) is 4.33. The second-order valence-corrected chi connectivity index (χ2v) is 5.37. The largest absolute Gasteiger partial charge is 0.481 e. The molecule has 1 saturated heterocycles. The number of carboxylic acid groups (broad SMARTS) is 1. The normalized spacial score (nSPS) is 20.4. The van der Waals surface area contributed by atoms with Gasteiger partial charge in [0.05, 0.1) is 6.42 Å². The number of rotatable bonds is 5. The molecule has 4 nitrogen and oxygen atoms in total. The molecule has 104 valence electrons. The summed E-state index contributed by atoms with van der Waals surface area (Å²) in [5.74, 6) is -0.158. The highest BCUT2D eigenvalue weighted by molar-refractivity contribution is 5.70. The first-order chi connectivity index (χ1) is 9.17. The Balaban J connectivity index is 1.90. The van der Waals surface area contributed by atoms with Gasteiger partial charge in [0.15, 0.2) is 0 Å². The second kappa shape index (κ2) is 6.68. The number of benzene rings is 1. The average Bonchev–Trinajstić information content (AvgIpc) is 2.41. The van der Waals surface area contributed by atoms with Crippen molar-refractivity contribution in [3.05, 3.63) is 35.4 Å². The minimum absolute atomic E-state index is 0.0965. The monoisotopic (exact) mass is 262 g/mol. The summed E-state index contributed by atoms with van der Waals surface area (Å²) in [4.78, 5) is 13.1. The minimum atomic E-state index is -0.783. The molecule has 0 saturated carbocycles. The van der Waals surface area contributed by atoms with Gasteiger partial charge in [-0.2, -0.15) is 0 Å². The summed E-state index contributed by atoms with van der Waals surface area (Å²) in [6, 6.07) is 7.89. The average molecular weight is 262 g/mol. The highest BCUT2D eigenvalue weighted by atomic mass is 16.4. The smallest absolute Gasteiger partial charge is 0.307 e. The van der Waals surface area contributed by atoms with E-state index in [1.165, 1.54) is 18.4 Å². The molecule has 1 aliphatic rings. The number of hydrogen-bond donors (Lipinski definition) is 2. The van der Waals surface area contributed by atoms with Crippen molar-refractivity contribution in [1.29, 1.82) is 0 Å². The van der Waals surface area contributed by atoms with Gasteiger partial charge in [-0.1, -0.05) is 24.3 Å². The van der Waals surface area contributed by atoms with Crippen molar-refractivity contribution in [2.75, 3.05) is 19.6 Å². The summed E-state index contributed by atoms with van der Waals surface area (Å²) in [7, 11) is 0. The Bertz CT molecular complexity index is 417. The van der Waals surface area contributed by atoms with Crippen LogP contribution >= 0.6 is 0 Å². The first-order valence-corrected chi connectivity index (χ1v) is 6.89. The molecular weight excluding hydrogens is 240 g/mol. The van der Waals surface area contributed by atoms with Gasteiger partial charge in [0, 0.05) is 13.1 Å². The molecule has 19 heavy (non-hydrogen) atoms. The molecule has 0 radical (unpaired) electrons. The molecule has 0 bridgehead atoms. The van der Waals surface area contributed by atoms with E-state index in [2.05, 4.69) is 4.90 Å². The Morgan fingerprint density at radius 1 is 1.32 bits per heavy atom. The predicted molar refractivity (Wildman–Crippen MR) is 74.8 cm³/mol. The van der Waals surface area contributed by atoms with Gasteiger partial charge in [0.2, 0.25) is 0 Å². The van der Waals surface area contributed by atoms with Crippen molar-refractivity contribution in [1.82, 2.24) is 4.90 Å². The molecular formula is C15H22N2O2. The van der Waals surface area contributed by atoms with Crippen LogP contribution in [0.4, 0.5) is 0 Å². The number of nitrogens with zero attached hydrogens (tertiary/aromatic N) is 1. The van der Waals surface area contributed by atoms with E-state index in [1.54, 1.807) is 0 Å². The number of carbonyl (C=O) groups is 1. The fourth-order valence-corrected chi connectivity index (χ4v) is 2.68. The third-order valence-electron chi connectivity index (χ3n) is 3.72. The Kier molecular flexibility index (Phi) is 4.93. The van der Waals surface area contributed by atoms with Crippen LogP contribution in [0.15, 0.2) is 24.3 Å². The first kappa shape index (κ1) is 14.0. The number of likely N-dealkylation sites (tertiary alicyclic amines) is 1. The van der Waals surface area contributed by atoms with Gasteiger partial charge in [-0.15, -0.1) is 0 Å². The Morgan fingerprint density at radius 3 is 2.63 bits per heavy atom. The summed E-state index contributed by atoms with van der Waals surface area (Å²) in [5, 5.41) is 8.73. The van der Waals surface area contributed by atoms with Crippen LogP contribution in [0.1, 0.15) is 24.0 Å². The topological polar surface area (TPSA) is 66.6 Å². The fraction of sp³-hybridized carbons (Fsp3) is 0.533. The van der Waals surface area contributed by atoms with E-state index in [0.717, 1.165) is 31.7 Å². The van der Waals surface area contributed by atoms with Crippen LogP contribution in [0.2, 0.25) is 0 Å².